The molecule has 3 nitrogen and oxygen atoms in total. The number of amides is 1. The number of benzene rings is 2. The lowest BCUT2D eigenvalue weighted by molar-refractivity contribution is -0.135. The van der Waals surface area contributed by atoms with Crippen molar-refractivity contribution in [1.82, 2.24) is 4.90 Å². The molecule has 1 atom stereocenters. The number of carbonyl (C=O) groups is 1. The Kier molecular flexibility index (Phi) is 4.87. The third-order valence-electron chi connectivity index (χ3n) is 3.92. The molecule has 0 aliphatic heterocycles. The molecule has 0 aliphatic rings. The van der Waals surface area contributed by atoms with E-state index in [2.05, 4.69) is 24.3 Å². The number of likely N-dealkylation sites (N-methyl/N-ethyl adjacent to an activating group) is 1. The lowest BCUT2D eigenvalue weighted by Gasteiger charge is -2.30. The molecule has 1 unspecified atom stereocenters. The number of aliphatic hydroxyl groups is 1. The monoisotopic (exact) mass is 299 g/mol. The first-order chi connectivity index (χ1) is 10.3. The number of carbonyl (C=O) groups excluding carboxylic acids is 1. The minimum Gasteiger partial charge on any atom is -0.389 e. The molecule has 0 spiro atoms. The van der Waals surface area contributed by atoms with E-state index in [1.165, 1.54) is 5.39 Å². The van der Waals surface area contributed by atoms with Crippen molar-refractivity contribution in [1.29, 1.82) is 0 Å². The lowest BCUT2D eigenvalue weighted by atomic mass is 9.96. The second-order valence-electron chi connectivity index (χ2n) is 6.49. The summed E-state index contributed by atoms with van der Waals surface area (Å²) in [6, 6.07) is 14.3. The van der Waals surface area contributed by atoms with E-state index in [1.54, 1.807) is 18.7 Å². The van der Waals surface area contributed by atoms with Crippen LogP contribution >= 0.6 is 0 Å². The summed E-state index contributed by atoms with van der Waals surface area (Å²) < 4.78 is 0. The molecule has 0 fully saturated rings. The Labute approximate surface area is 132 Å². The smallest absolute Gasteiger partial charge is 0.229 e. The van der Waals surface area contributed by atoms with Crippen molar-refractivity contribution < 1.29 is 9.90 Å². The van der Waals surface area contributed by atoms with Crippen LogP contribution in [0.15, 0.2) is 42.5 Å². The van der Waals surface area contributed by atoms with Crippen molar-refractivity contribution in [3.05, 3.63) is 48.0 Å². The molecule has 2 rings (SSSR count). The van der Waals surface area contributed by atoms with E-state index in [1.807, 2.05) is 32.0 Å². The van der Waals surface area contributed by atoms with Gasteiger partial charge in [-0.1, -0.05) is 42.5 Å². The molecule has 22 heavy (non-hydrogen) atoms. The molecule has 118 valence electrons. The number of nitrogens with zero attached hydrogens (tertiary/aromatic N) is 1. The molecule has 0 aromatic heterocycles. The highest BCUT2D eigenvalue weighted by Gasteiger charge is 2.25. The van der Waals surface area contributed by atoms with Crippen molar-refractivity contribution in [2.45, 2.75) is 39.2 Å². The third-order valence-corrected chi connectivity index (χ3v) is 3.92. The summed E-state index contributed by atoms with van der Waals surface area (Å²) in [6.07, 6.45) is 0. The van der Waals surface area contributed by atoms with Crippen LogP contribution in [0, 0.1) is 0 Å². The van der Waals surface area contributed by atoms with Gasteiger partial charge in [0.2, 0.25) is 5.91 Å². The molecule has 0 aliphatic carbocycles. The Morgan fingerprint density at radius 3 is 2.41 bits per heavy atom. The first kappa shape index (κ1) is 16.5. The lowest BCUT2D eigenvalue weighted by Crippen LogP contribution is -2.43. The molecular formula is C19H25NO2. The minimum atomic E-state index is -0.880. The van der Waals surface area contributed by atoms with Crippen LogP contribution in [0.1, 0.15) is 39.2 Å². The van der Waals surface area contributed by atoms with Gasteiger partial charge in [0.25, 0.3) is 0 Å². The van der Waals surface area contributed by atoms with Crippen LogP contribution in [0.3, 0.4) is 0 Å². The maximum atomic E-state index is 12.7. The standard InChI is InChI=1S/C19H25NO2/c1-5-20(13-19(3,4)22)18(21)14(2)16-11-10-15-8-6-7-9-17(15)12-16/h6-12,14,22H,5,13H2,1-4H3. The Hall–Kier alpha value is -1.87. The van der Waals surface area contributed by atoms with Crippen molar-refractivity contribution in [3.8, 4) is 0 Å². The highest BCUT2D eigenvalue weighted by molar-refractivity contribution is 5.87. The average molecular weight is 299 g/mol. The van der Waals surface area contributed by atoms with Crippen molar-refractivity contribution >= 4 is 16.7 Å². The quantitative estimate of drug-likeness (QED) is 0.917. The average Bonchev–Trinajstić information content (AvgIpc) is 2.49. The van der Waals surface area contributed by atoms with Gasteiger partial charge in [-0.05, 0) is 44.0 Å². The van der Waals surface area contributed by atoms with Crippen molar-refractivity contribution in [2.24, 2.45) is 0 Å². The zero-order valence-electron chi connectivity index (χ0n) is 13.8. The van der Waals surface area contributed by atoms with E-state index in [9.17, 15) is 9.90 Å². The normalized spacial score (nSPS) is 13.1. The first-order valence-corrected chi connectivity index (χ1v) is 7.81. The van der Waals surface area contributed by atoms with E-state index in [0.717, 1.165) is 10.9 Å². The summed E-state index contributed by atoms with van der Waals surface area (Å²) >= 11 is 0. The van der Waals surface area contributed by atoms with Gasteiger partial charge in [-0.2, -0.15) is 0 Å². The van der Waals surface area contributed by atoms with E-state index >= 15 is 0 Å². The highest BCUT2D eigenvalue weighted by atomic mass is 16.3. The fraction of sp³-hybridized carbons (Fsp3) is 0.421. The number of hydrogen-bond donors (Lipinski definition) is 1. The summed E-state index contributed by atoms with van der Waals surface area (Å²) in [5.41, 5.74) is 0.132. The molecule has 0 saturated carbocycles. The van der Waals surface area contributed by atoms with Gasteiger partial charge in [0.05, 0.1) is 11.5 Å². The molecule has 0 bridgehead atoms. The Bertz CT molecular complexity index is 658. The number of rotatable bonds is 5. The zero-order chi connectivity index (χ0) is 16.3. The fourth-order valence-corrected chi connectivity index (χ4v) is 2.71. The van der Waals surface area contributed by atoms with Gasteiger partial charge in [0.15, 0.2) is 0 Å². The van der Waals surface area contributed by atoms with E-state index in [0.29, 0.717) is 13.1 Å². The van der Waals surface area contributed by atoms with Gasteiger partial charge in [0, 0.05) is 13.1 Å². The summed E-state index contributed by atoms with van der Waals surface area (Å²) in [7, 11) is 0. The van der Waals surface area contributed by atoms with Gasteiger partial charge < -0.3 is 10.0 Å². The van der Waals surface area contributed by atoms with Crippen molar-refractivity contribution in [2.75, 3.05) is 13.1 Å². The molecule has 1 amide bonds. The maximum absolute atomic E-state index is 12.7. The first-order valence-electron chi connectivity index (χ1n) is 7.81. The Morgan fingerprint density at radius 2 is 1.82 bits per heavy atom. The Balaban J connectivity index is 2.24. The summed E-state index contributed by atoms with van der Waals surface area (Å²) in [6.45, 7) is 8.27. The molecule has 2 aromatic rings. The fourth-order valence-electron chi connectivity index (χ4n) is 2.71. The molecule has 0 saturated heterocycles. The Morgan fingerprint density at radius 1 is 1.18 bits per heavy atom. The molecule has 3 heteroatoms. The second-order valence-corrected chi connectivity index (χ2v) is 6.49. The highest BCUT2D eigenvalue weighted by Crippen LogP contribution is 2.23. The molecule has 2 aromatic carbocycles. The van der Waals surface area contributed by atoms with Crippen LogP contribution in [0.5, 0.6) is 0 Å². The van der Waals surface area contributed by atoms with Gasteiger partial charge in [-0.25, -0.2) is 0 Å². The van der Waals surface area contributed by atoms with Crippen molar-refractivity contribution in [3.63, 3.8) is 0 Å². The predicted molar refractivity (Wildman–Crippen MR) is 90.9 cm³/mol. The summed E-state index contributed by atoms with van der Waals surface area (Å²) in [4.78, 5) is 14.4. The predicted octanol–water partition coefficient (Wildman–Crippen LogP) is 3.56. The minimum absolute atomic E-state index is 0.0555. The molecule has 1 N–H and O–H groups in total. The van der Waals surface area contributed by atoms with Gasteiger partial charge in [-0.3, -0.25) is 4.79 Å². The molecule has 0 radical (unpaired) electrons. The summed E-state index contributed by atoms with van der Waals surface area (Å²) in [5.74, 6) is -0.160. The second kappa shape index (κ2) is 6.49. The maximum Gasteiger partial charge on any atom is 0.229 e. The van der Waals surface area contributed by atoms with Gasteiger partial charge in [0.1, 0.15) is 0 Å². The summed E-state index contributed by atoms with van der Waals surface area (Å²) in [5, 5.41) is 12.3. The van der Waals surface area contributed by atoms with E-state index in [-0.39, 0.29) is 11.8 Å². The van der Waals surface area contributed by atoms with E-state index in [4.69, 9.17) is 0 Å². The topological polar surface area (TPSA) is 40.5 Å². The van der Waals surface area contributed by atoms with Gasteiger partial charge >= 0.3 is 0 Å². The number of hydrogen-bond acceptors (Lipinski definition) is 2. The third kappa shape index (κ3) is 3.86. The SMILES string of the molecule is CCN(CC(C)(C)O)C(=O)C(C)c1ccc2ccccc2c1. The molecular weight excluding hydrogens is 274 g/mol. The van der Waals surface area contributed by atoms with E-state index < -0.39 is 5.60 Å². The zero-order valence-corrected chi connectivity index (χ0v) is 13.8. The van der Waals surface area contributed by atoms with Gasteiger partial charge in [-0.15, -0.1) is 0 Å². The van der Waals surface area contributed by atoms with Crippen LogP contribution in [0.25, 0.3) is 10.8 Å². The van der Waals surface area contributed by atoms with Crippen LogP contribution in [-0.4, -0.2) is 34.6 Å². The molecule has 0 heterocycles. The van der Waals surface area contributed by atoms with Crippen LogP contribution in [0.4, 0.5) is 0 Å². The largest absolute Gasteiger partial charge is 0.389 e. The number of fused-ring (bicyclic) bond motifs is 1. The van der Waals surface area contributed by atoms with Crippen LogP contribution < -0.4 is 0 Å². The van der Waals surface area contributed by atoms with Crippen LogP contribution in [-0.2, 0) is 4.79 Å². The van der Waals surface area contributed by atoms with Crippen LogP contribution in [0.2, 0.25) is 0 Å².